The summed E-state index contributed by atoms with van der Waals surface area (Å²) >= 11 is 1.50. The summed E-state index contributed by atoms with van der Waals surface area (Å²) in [5.41, 5.74) is 2.57. The zero-order valence-corrected chi connectivity index (χ0v) is 12.4. The Labute approximate surface area is 123 Å². The number of nitrogens with zero attached hydrogens (tertiary/aromatic N) is 1. The molecule has 1 aromatic rings. The number of rotatable bonds is 7. The molecular weight excluding hydrogens is 274 g/mol. The van der Waals surface area contributed by atoms with E-state index in [0.717, 1.165) is 12.1 Å². The molecule has 1 aliphatic carbocycles. The first-order valence-corrected chi connectivity index (χ1v) is 8.09. The molecule has 2 rings (SSSR count). The van der Waals surface area contributed by atoms with Gasteiger partial charge >= 0.3 is 0 Å². The molecule has 0 atom stereocenters. The molecule has 0 unspecified atom stereocenters. The van der Waals surface area contributed by atoms with Gasteiger partial charge in [-0.2, -0.15) is 0 Å². The van der Waals surface area contributed by atoms with Crippen LogP contribution >= 0.6 is 11.3 Å². The molecule has 1 fully saturated rings. The van der Waals surface area contributed by atoms with E-state index in [1.807, 2.05) is 5.38 Å². The highest BCUT2D eigenvalue weighted by molar-refractivity contribution is 7.07. The number of carbonyl (C=O) groups excluding carboxylic acids is 2. The van der Waals surface area contributed by atoms with Crippen molar-refractivity contribution in [1.29, 1.82) is 0 Å². The van der Waals surface area contributed by atoms with E-state index in [0.29, 0.717) is 18.9 Å². The summed E-state index contributed by atoms with van der Waals surface area (Å²) in [6.07, 6.45) is 6.58. The van der Waals surface area contributed by atoms with Crippen LogP contribution in [0.3, 0.4) is 0 Å². The summed E-state index contributed by atoms with van der Waals surface area (Å²) < 4.78 is 0. The highest BCUT2D eigenvalue weighted by Crippen LogP contribution is 2.28. The number of aromatic nitrogens is 1. The number of amides is 2. The topological polar surface area (TPSA) is 71.1 Å². The van der Waals surface area contributed by atoms with Crippen molar-refractivity contribution in [3.63, 3.8) is 0 Å². The Morgan fingerprint density at radius 2 is 2.05 bits per heavy atom. The van der Waals surface area contributed by atoms with Gasteiger partial charge in [-0.05, 0) is 12.3 Å². The summed E-state index contributed by atoms with van der Waals surface area (Å²) in [4.78, 5) is 27.3. The van der Waals surface area contributed by atoms with E-state index in [2.05, 4.69) is 15.6 Å². The first-order chi connectivity index (χ1) is 9.74. The highest BCUT2D eigenvalue weighted by Gasteiger charge is 2.16. The Bertz CT molecular complexity index is 428. The fraction of sp³-hybridized carbons (Fsp3) is 0.643. The summed E-state index contributed by atoms with van der Waals surface area (Å²) in [6.45, 7) is 0.466. The van der Waals surface area contributed by atoms with E-state index < -0.39 is 0 Å². The lowest BCUT2D eigenvalue weighted by Gasteiger charge is -2.09. The molecule has 2 amide bonds. The average Bonchev–Trinajstić information content (AvgIpc) is 3.13. The third-order valence-electron chi connectivity index (χ3n) is 3.65. The highest BCUT2D eigenvalue weighted by atomic mass is 32.1. The molecule has 0 spiro atoms. The van der Waals surface area contributed by atoms with Crippen LogP contribution in [0.5, 0.6) is 0 Å². The van der Waals surface area contributed by atoms with Gasteiger partial charge in [0.15, 0.2) is 0 Å². The SMILES string of the molecule is O=C(CCC1CCCC1)NCC(=O)NCc1cscn1. The molecule has 20 heavy (non-hydrogen) atoms. The molecule has 0 bridgehead atoms. The molecule has 1 saturated carbocycles. The van der Waals surface area contributed by atoms with Crippen LogP contribution in [-0.2, 0) is 16.1 Å². The quantitative estimate of drug-likeness (QED) is 0.806. The largest absolute Gasteiger partial charge is 0.349 e. The van der Waals surface area contributed by atoms with Gasteiger partial charge in [0.25, 0.3) is 0 Å². The van der Waals surface area contributed by atoms with Crippen LogP contribution in [0.15, 0.2) is 10.9 Å². The van der Waals surface area contributed by atoms with Crippen LogP contribution in [0.25, 0.3) is 0 Å². The second-order valence-corrected chi connectivity index (χ2v) is 5.94. The summed E-state index contributed by atoms with van der Waals surface area (Å²) in [5.74, 6) is 0.507. The summed E-state index contributed by atoms with van der Waals surface area (Å²) in [5, 5.41) is 7.29. The minimum absolute atomic E-state index is 0.0271. The lowest BCUT2D eigenvalue weighted by atomic mass is 10.0. The number of carbonyl (C=O) groups is 2. The molecule has 0 radical (unpaired) electrons. The molecule has 0 saturated heterocycles. The number of nitrogens with one attached hydrogen (secondary N) is 2. The molecular formula is C14H21N3O2S. The molecule has 5 nitrogen and oxygen atoms in total. The van der Waals surface area contributed by atoms with E-state index in [9.17, 15) is 9.59 Å². The first-order valence-electron chi connectivity index (χ1n) is 7.14. The van der Waals surface area contributed by atoms with E-state index in [-0.39, 0.29) is 18.4 Å². The average molecular weight is 295 g/mol. The lowest BCUT2D eigenvalue weighted by Crippen LogP contribution is -2.36. The molecule has 0 aromatic carbocycles. The van der Waals surface area contributed by atoms with Gasteiger partial charge in [0, 0.05) is 11.8 Å². The van der Waals surface area contributed by atoms with Gasteiger partial charge in [-0.15, -0.1) is 11.3 Å². The maximum absolute atomic E-state index is 11.6. The van der Waals surface area contributed by atoms with Gasteiger partial charge in [-0.1, -0.05) is 25.7 Å². The predicted molar refractivity (Wildman–Crippen MR) is 78.2 cm³/mol. The third-order valence-corrected chi connectivity index (χ3v) is 4.29. The van der Waals surface area contributed by atoms with E-state index in [1.54, 1.807) is 5.51 Å². The zero-order valence-electron chi connectivity index (χ0n) is 11.6. The van der Waals surface area contributed by atoms with Crippen LogP contribution in [0, 0.1) is 5.92 Å². The zero-order chi connectivity index (χ0) is 14.2. The van der Waals surface area contributed by atoms with Crippen LogP contribution in [0.2, 0.25) is 0 Å². The maximum atomic E-state index is 11.6. The van der Waals surface area contributed by atoms with E-state index in [1.165, 1.54) is 37.0 Å². The second kappa shape index (κ2) is 7.99. The van der Waals surface area contributed by atoms with Crippen LogP contribution in [0.4, 0.5) is 0 Å². The van der Waals surface area contributed by atoms with Gasteiger partial charge in [0.1, 0.15) is 0 Å². The Morgan fingerprint density at radius 3 is 2.75 bits per heavy atom. The van der Waals surface area contributed by atoms with Crippen LogP contribution < -0.4 is 10.6 Å². The molecule has 110 valence electrons. The Hall–Kier alpha value is -1.43. The molecule has 2 N–H and O–H groups in total. The Kier molecular flexibility index (Phi) is 5.98. The maximum Gasteiger partial charge on any atom is 0.239 e. The normalized spacial score (nSPS) is 15.2. The lowest BCUT2D eigenvalue weighted by molar-refractivity contribution is -0.126. The standard InChI is InChI=1S/C14H21N3O2S/c18-13(6-5-11-3-1-2-4-11)16-8-14(19)15-7-12-9-20-10-17-12/h9-11H,1-8H2,(H,15,19)(H,16,18). The van der Waals surface area contributed by atoms with Gasteiger partial charge in [0.2, 0.25) is 11.8 Å². The summed E-state index contributed by atoms with van der Waals surface area (Å²) in [6, 6.07) is 0. The van der Waals surface area contributed by atoms with E-state index in [4.69, 9.17) is 0 Å². The van der Waals surface area contributed by atoms with Crippen LogP contribution in [-0.4, -0.2) is 23.3 Å². The van der Waals surface area contributed by atoms with Crippen molar-refractivity contribution in [2.75, 3.05) is 6.54 Å². The molecule has 1 aromatic heterocycles. The monoisotopic (exact) mass is 295 g/mol. The number of hydrogen-bond acceptors (Lipinski definition) is 4. The number of thiazole rings is 1. The fourth-order valence-electron chi connectivity index (χ4n) is 2.48. The van der Waals surface area contributed by atoms with Crippen molar-refractivity contribution >= 4 is 23.2 Å². The third kappa shape index (κ3) is 5.28. The van der Waals surface area contributed by atoms with Crippen molar-refractivity contribution in [1.82, 2.24) is 15.6 Å². The fourth-order valence-corrected chi connectivity index (χ4v) is 3.04. The van der Waals surface area contributed by atoms with E-state index >= 15 is 0 Å². The van der Waals surface area contributed by atoms with Crippen molar-refractivity contribution in [3.05, 3.63) is 16.6 Å². The van der Waals surface area contributed by atoms with Crippen molar-refractivity contribution in [3.8, 4) is 0 Å². The number of hydrogen-bond donors (Lipinski definition) is 2. The van der Waals surface area contributed by atoms with Gasteiger partial charge in [-0.3, -0.25) is 9.59 Å². The minimum Gasteiger partial charge on any atom is -0.349 e. The molecule has 1 aliphatic rings. The molecule has 6 heteroatoms. The Balaban J connectivity index is 1.54. The van der Waals surface area contributed by atoms with Crippen molar-refractivity contribution in [2.24, 2.45) is 5.92 Å². The first kappa shape index (κ1) is 15.0. The molecule has 0 aliphatic heterocycles. The Morgan fingerprint density at radius 1 is 1.25 bits per heavy atom. The second-order valence-electron chi connectivity index (χ2n) is 5.22. The van der Waals surface area contributed by atoms with Crippen molar-refractivity contribution < 1.29 is 9.59 Å². The smallest absolute Gasteiger partial charge is 0.239 e. The minimum atomic E-state index is -0.174. The van der Waals surface area contributed by atoms with Crippen molar-refractivity contribution in [2.45, 2.75) is 45.1 Å². The summed E-state index contributed by atoms with van der Waals surface area (Å²) in [7, 11) is 0. The predicted octanol–water partition coefficient (Wildman–Crippen LogP) is 1.85. The molecule has 1 heterocycles. The van der Waals surface area contributed by atoms with Gasteiger partial charge in [0.05, 0.1) is 24.3 Å². The van der Waals surface area contributed by atoms with Gasteiger partial charge < -0.3 is 10.6 Å². The van der Waals surface area contributed by atoms with Gasteiger partial charge in [-0.25, -0.2) is 4.98 Å². The van der Waals surface area contributed by atoms with Crippen LogP contribution in [0.1, 0.15) is 44.2 Å².